The Kier molecular flexibility index (Phi) is 7.15. The molecule has 1 aromatic rings. The second kappa shape index (κ2) is 8.62. The van der Waals surface area contributed by atoms with E-state index >= 15 is 0 Å². The van der Waals surface area contributed by atoms with E-state index in [4.69, 9.17) is 22.7 Å². The highest BCUT2D eigenvalue weighted by molar-refractivity contribution is 7.80. The molecule has 2 N–H and O–H groups in total. The van der Waals surface area contributed by atoms with E-state index in [9.17, 15) is 4.79 Å². The summed E-state index contributed by atoms with van der Waals surface area (Å²) in [6.45, 7) is 4.90. The largest absolute Gasteiger partial charge is 0.484 e. The minimum absolute atomic E-state index is 0.0243. The minimum Gasteiger partial charge on any atom is -0.484 e. The Morgan fingerprint density at radius 2 is 2.00 bits per heavy atom. The van der Waals surface area contributed by atoms with Gasteiger partial charge in [0, 0.05) is 20.0 Å². The van der Waals surface area contributed by atoms with Gasteiger partial charge in [0.15, 0.2) is 6.61 Å². The van der Waals surface area contributed by atoms with E-state index in [-0.39, 0.29) is 12.5 Å². The van der Waals surface area contributed by atoms with Crippen molar-refractivity contribution in [3.8, 4) is 5.75 Å². The minimum atomic E-state index is -0.0859. The van der Waals surface area contributed by atoms with Gasteiger partial charge < -0.3 is 15.4 Å². The fourth-order valence-corrected chi connectivity index (χ4v) is 1.88. The number of amides is 1. The summed E-state index contributed by atoms with van der Waals surface area (Å²) >= 11 is 4.79. The van der Waals surface area contributed by atoms with Crippen molar-refractivity contribution in [3.63, 3.8) is 0 Å². The zero-order valence-electron chi connectivity index (χ0n) is 13.0. The molecule has 0 aliphatic heterocycles. The van der Waals surface area contributed by atoms with Gasteiger partial charge in [0.05, 0.1) is 4.99 Å². The Morgan fingerprint density at radius 1 is 1.38 bits per heavy atom. The maximum atomic E-state index is 11.9. The van der Waals surface area contributed by atoms with Crippen LogP contribution in [0.2, 0.25) is 0 Å². The van der Waals surface area contributed by atoms with Crippen molar-refractivity contribution < 1.29 is 9.53 Å². The molecule has 0 aliphatic rings. The van der Waals surface area contributed by atoms with Crippen LogP contribution in [0.3, 0.4) is 0 Å². The average Bonchev–Trinajstić information content (AvgIpc) is 2.49. The molecule has 4 nitrogen and oxygen atoms in total. The first-order valence-electron chi connectivity index (χ1n) is 7.19. The van der Waals surface area contributed by atoms with Crippen LogP contribution >= 0.6 is 12.2 Å². The van der Waals surface area contributed by atoms with Crippen molar-refractivity contribution >= 4 is 23.1 Å². The third kappa shape index (κ3) is 6.12. The quantitative estimate of drug-likeness (QED) is 0.750. The number of carbonyl (C=O) groups is 1. The Bertz CT molecular complexity index is 474. The van der Waals surface area contributed by atoms with Gasteiger partial charge in [0.2, 0.25) is 0 Å². The van der Waals surface area contributed by atoms with Crippen LogP contribution in [0.15, 0.2) is 24.3 Å². The maximum Gasteiger partial charge on any atom is 0.260 e. The Morgan fingerprint density at radius 3 is 2.52 bits per heavy atom. The summed E-state index contributed by atoms with van der Waals surface area (Å²) in [5.41, 5.74) is 6.70. The first-order valence-corrected chi connectivity index (χ1v) is 7.59. The summed E-state index contributed by atoms with van der Waals surface area (Å²) in [7, 11) is 1.72. The van der Waals surface area contributed by atoms with Crippen LogP contribution in [0, 0.1) is 0 Å². The summed E-state index contributed by atoms with van der Waals surface area (Å²) in [5, 5.41) is 0. The fourth-order valence-electron chi connectivity index (χ4n) is 1.79. The van der Waals surface area contributed by atoms with Gasteiger partial charge in [0.1, 0.15) is 5.75 Å². The van der Waals surface area contributed by atoms with Crippen molar-refractivity contribution in [2.45, 2.75) is 32.6 Å². The number of thiocarbonyl (C=S) groups is 1. The lowest BCUT2D eigenvalue weighted by Crippen LogP contribution is -2.33. The van der Waals surface area contributed by atoms with Gasteiger partial charge in [0.25, 0.3) is 5.91 Å². The topological polar surface area (TPSA) is 55.6 Å². The lowest BCUT2D eigenvalue weighted by atomic mass is 9.99. The first kappa shape index (κ1) is 17.4. The average molecular weight is 308 g/mol. The molecule has 1 atom stereocenters. The van der Waals surface area contributed by atoms with Gasteiger partial charge in [-0.25, -0.2) is 0 Å². The zero-order chi connectivity index (χ0) is 15.8. The van der Waals surface area contributed by atoms with Gasteiger partial charge in [-0.05, 0) is 30.0 Å². The summed E-state index contributed by atoms with van der Waals surface area (Å²) < 4.78 is 5.51. The summed E-state index contributed by atoms with van der Waals surface area (Å²) in [5.74, 6) is 1.15. The molecule has 0 heterocycles. The van der Waals surface area contributed by atoms with E-state index in [0.717, 1.165) is 6.42 Å². The number of ether oxygens (including phenoxy) is 1. The van der Waals surface area contributed by atoms with Crippen LogP contribution in [-0.2, 0) is 4.79 Å². The van der Waals surface area contributed by atoms with Gasteiger partial charge in [-0.3, -0.25) is 4.79 Å². The molecule has 0 saturated carbocycles. The van der Waals surface area contributed by atoms with Crippen molar-refractivity contribution in [2.75, 3.05) is 20.2 Å². The van der Waals surface area contributed by atoms with Crippen LogP contribution in [0.4, 0.5) is 0 Å². The van der Waals surface area contributed by atoms with E-state index in [2.05, 4.69) is 13.8 Å². The number of nitrogens with zero attached hydrogens (tertiary/aromatic N) is 1. The van der Waals surface area contributed by atoms with Gasteiger partial charge in [-0.15, -0.1) is 0 Å². The molecule has 0 bridgehead atoms. The number of likely N-dealkylation sites (N-methyl/N-ethyl adjacent to an activating group) is 1. The summed E-state index contributed by atoms with van der Waals surface area (Å²) in [4.78, 5) is 13.9. The molecule has 116 valence electrons. The Labute approximate surface area is 132 Å². The van der Waals surface area contributed by atoms with Crippen molar-refractivity contribution in [2.24, 2.45) is 5.73 Å². The van der Waals surface area contributed by atoms with E-state index in [0.29, 0.717) is 29.6 Å². The molecule has 1 aromatic carbocycles. The number of carbonyl (C=O) groups excluding carboxylic acids is 1. The van der Waals surface area contributed by atoms with E-state index in [1.807, 2.05) is 24.3 Å². The molecule has 1 unspecified atom stereocenters. The third-order valence-corrected chi connectivity index (χ3v) is 3.75. The fraction of sp³-hybridized carbons (Fsp3) is 0.500. The number of benzene rings is 1. The molecular weight excluding hydrogens is 284 g/mol. The molecule has 1 amide bonds. The van der Waals surface area contributed by atoms with Crippen LogP contribution < -0.4 is 10.5 Å². The highest BCUT2D eigenvalue weighted by atomic mass is 32.1. The highest BCUT2D eigenvalue weighted by Gasteiger charge is 2.10. The van der Waals surface area contributed by atoms with E-state index < -0.39 is 0 Å². The molecule has 21 heavy (non-hydrogen) atoms. The lowest BCUT2D eigenvalue weighted by molar-refractivity contribution is -0.131. The van der Waals surface area contributed by atoms with Crippen molar-refractivity contribution in [1.82, 2.24) is 4.90 Å². The van der Waals surface area contributed by atoms with Crippen molar-refractivity contribution in [3.05, 3.63) is 29.8 Å². The maximum absolute atomic E-state index is 11.9. The molecule has 0 radical (unpaired) electrons. The molecule has 1 rings (SSSR count). The van der Waals surface area contributed by atoms with Crippen LogP contribution in [0.5, 0.6) is 5.75 Å². The number of hydrogen-bond donors (Lipinski definition) is 1. The molecule has 0 aromatic heterocycles. The second-order valence-corrected chi connectivity index (χ2v) is 5.72. The second-order valence-electron chi connectivity index (χ2n) is 5.20. The predicted molar refractivity (Wildman–Crippen MR) is 89.7 cm³/mol. The zero-order valence-corrected chi connectivity index (χ0v) is 13.8. The third-order valence-electron chi connectivity index (χ3n) is 3.54. The molecule has 0 aliphatic carbocycles. The highest BCUT2D eigenvalue weighted by Crippen LogP contribution is 2.21. The summed E-state index contributed by atoms with van der Waals surface area (Å²) in [6.07, 6.45) is 1.63. The molecule has 0 fully saturated rings. The smallest absolute Gasteiger partial charge is 0.260 e. The summed E-state index contributed by atoms with van der Waals surface area (Å²) in [6, 6.07) is 7.91. The van der Waals surface area contributed by atoms with Crippen LogP contribution in [0.1, 0.15) is 38.2 Å². The number of hydrogen-bond acceptors (Lipinski definition) is 3. The Balaban J connectivity index is 2.44. The first-order chi connectivity index (χ1) is 9.93. The molecular formula is C16H24N2O2S. The number of nitrogens with two attached hydrogens (primary N) is 1. The van der Waals surface area contributed by atoms with E-state index in [1.54, 1.807) is 11.9 Å². The van der Waals surface area contributed by atoms with Gasteiger partial charge in [-0.2, -0.15) is 0 Å². The van der Waals surface area contributed by atoms with Crippen molar-refractivity contribution in [1.29, 1.82) is 0 Å². The SMILES string of the molecule is CCC(C)c1ccc(OCC(=O)N(C)CCC(N)=S)cc1. The lowest BCUT2D eigenvalue weighted by Gasteiger charge is -2.17. The van der Waals surface area contributed by atoms with Gasteiger partial charge >= 0.3 is 0 Å². The monoisotopic (exact) mass is 308 g/mol. The van der Waals surface area contributed by atoms with Gasteiger partial charge in [-0.1, -0.05) is 38.2 Å². The van der Waals surface area contributed by atoms with E-state index in [1.165, 1.54) is 5.56 Å². The van der Waals surface area contributed by atoms with Crippen LogP contribution in [-0.4, -0.2) is 36.0 Å². The standard InChI is InChI=1S/C16H24N2O2S/c1-4-12(2)13-5-7-14(8-6-13)20-11-16(19)18(3)10-9-15(17)21/h5-8,12H,4,9-11H2,1-3H3,(H2,17,21). The molecule has 5 heteroatoms. The number of rotatable bonds is 8. The normalized spacial score (nSPS) is 11.8. The Hall–Kier alpha value is -1.62. The predicted octanol–water partition coefficient (Wildman–Crippen LogP) is 2.71. The molecule has 0 saturated heterocycles. The molecule has 0 spiro atoms. The van der Waals surface area contributed by atoms with Crippen LogP contribution in [0.25, 0.3) is 0 Å².